The van der Waals surface area contributed by atoms with Crippen LogP contribution in [0, 0.1) is 0 Å². The molecule has 2 aromatic rings. The Balaban J connectivity index is 2.19. The first-order chi connectivity index (χ1) is 8.70. The second kappa shape index (κ2) is 5.24. The topological polar surface area (TPSA) is 101 Å². The molecule has 0 spiro atoms. The fourth-order valence-corrected chi connectivity index (χ4v) is 1.42. The molecule has 6 heteroatoms. The quantitative estimate of drug-likeness (QED) is 0.744. The summed E-state index contributed by atoms with van der Waals surface area (Å²) in [5.74, 6) is -0.326. The Morgan fingerprint density at radius 3 is 2.89 bits per heavy atom. The van der Waals surface area contributed by atoms with Gasteiger partial charge in [0.05, 0.1) is 0 Å². The zero-order valence-corrected chi connectivity index (χ0v) is 9.50. The van der Waals surface area contributed by atoms with Gasteiger partial charge in [0.25, 0.3) is 5.91 Å². The summed E-state index contributed by atoms with van der Waals surface area (Å²) in [4.78, 5) is 19.6. The average molecular weight is 244 g/mol. The highest BCUT2D eigenvalue weighted by Crippen LogP contribution is 2.14. The molecule has 2 aromatic heterocycles. The lowest BCUT2D eigenvalue weighted by Gasteiger charge is -2.06. The van der Waals surface area contributed by atoms with Crippen LogP contribution in [-0.4, -0.2) is 21.0 Å². The monoisotopic (exact) mass is 244 g/mol. The van der Waals surface area contributed by atoms with Crippen molar-refractivity contribution in [2.45, 2.75) is 6.54 Å². The Kier molecular flexibility index (Phi) is 3.49. The van der Waals surface area contributed by atoms with Crippen molar-refractivity contribution < 1.29 is 9.90 Å². The number of nitrogens with two attached hydrogens (primary N) is 1. The number of rotatable bonds is 3. The van der Waals surface area contributed by atoms with Gasteiger partial charge in [-0.1, -0.05) is 0 Å². The molecule has 0 atom stereocenters. The summed E-state index contributed by atoms with van der Waals surface area (Å²) in [5, 5.41) is 12.0. The molecule has 0 aliphatic rings. The lowest BCUT2D eigenvalue weighted by atomic mass is 10.2. The minimum Gasteiger partial charge on any atom is -0.505 e. The van der Waals surface area contributed by atoms with E-state index in [-0.39, 0.29) is 11.4 Å². The molecule has 2 heterocycles. The van der Waals surface area contributed by atoms with Gasteiger partial charge in [0.2, 0.25) is 0 Å². The minimum atomic E-state index is -0.519. The number of hydrogen-bond acceptors (Lipinski definition) is 5. The largest absolute Gasteiger partial charge is 0.505 e. The van der Waals surface area contributed by atoms with Crippen molar-refractivity contribution in [2.24, 2.45) is 5.73 Å². The number of carbonyl (C=O) groups is 1. The molecule has 0 saturated heterocycles. The van der Waals surface area contributed by atoms with E-state index >= 15 is 0 Å². The Morgan fingerprint density at radius 1 is 1.33 bits per heavy atom. The number of hydrogen-bond donors (Lipinski definition) is 3. The fourth-order valence-electron chi connectivity index (χ4n) is 1.42. The standard InChI is InChI=1S/C12H12N4O2/c13-7-8-3-5-14-10(6-8)16-12(18)11-9(17)2-1-4-15-11/h1-6,17H,7,13H2,(H,14,16,18). The van der Waals surface area contributed by atoms with Crippen molar-refractivity contribution in [1.82, 2.24) is 9.97 Å². The van der Waals surface area contributed by atoms with E-state index < -0.39 is 5.91 Å². The molecule has 92 valence electrons. The van der Waals surface area contributed by atoms with E-state index in [4.69, 9.17) is 5.73 Å². The van der Waals surface area contributed by atoms with E-state index in [9.17, 15) is 9.90 Å². The summed E-state index contributed by atoms with van der Waals surface area (Å²) in [5.41, 5.74) is 6.30. The number of amides is 1. The highest BCUT2D eigenvalue weighted by atomic mass is 16.3. The van der Waals surface area contributed by atoms with Crippen LogP contribution in [0.25, 0.3) is 0 Å². The maximum absolute atomic E-state index is 11.8. The zero-order valence-electron chi connectivity index (χ0n) is 9.50. The maximum Gasteiger partial charge on any atom is 0.279 e. The molecule has 0 fully saturated rings. The summed E-state index contributed by atoms with van der Waals surface area (Å²) in [6, 6.07) is 6.36. The van der Waals surface area contributed by atoms with Gasteiger partial charge in [-0.05, 0) is 29.8 Å². The minimum absolute atomic E-state index is 0.0440. The van der Waals surface area contributed by atoms with E-state index in [2.05, 4.69) is 15.3 Å². The fraction of sp³-hybridized carbons (Fsp3) is 0.0833. The van der Waals surface area contributed by atoms with Crippen LogP contribution in [0.4, 0.5) is 5.82 Å². The van der Waals surface area contributed by atoms with Gasteiger partial charge in [0.1, 0.15) is 11.6 Å². The predicted octanol–water partition coefficient (Wildman–Crippen LogP) is 0.893. The summed E-state index contributed by atoms with van der Waals surface area (Å²) in [6.07, 6.45) is 2.98. The van der Waals surface area contributed by atoms with E-state index in [1.54, 1.807) is 24.4 Å². The maximum atomic E-state index is 11.8. The Morgan fingerprint density at radius 2 is 2.17 bits per heavy atom. The van der Waals surface area contributed by atoms with Crippen LogP contribution in [0.1, 0.15) is 16.1 Å². The number of nitrogens with zero attached hydrogens (tertiary/aromatic N) is 2. The number of carbonyl (C=O) groups excluding carboxylic acids is 1. The first-order valence-corrected chi connectivity index (χ1v) is 5.31. The smallest absolute Gasteiger partial charge is 0.279 e. The number of nitrogens with one attached hydrogen (secondary N) is 1. The SMILES string of the molecule is NCc1ccnc(NC(=O)c2ncccc2O)c1. The van der Waals surface area contributed by atoms with Crippen LogP contribution in [0.3, 0.4) is 0 Å². The molecule has 0 bridgehead atoms. The second-order valence-electron chi connectivity index (χ2n) is 3.58. The summed E-state index contributed by atoms with van der Waals surface area (Å²) in [6.45, 7) is 0.361. The van der Waals surface area contributed by atoms with Crippen LogP contribution in [0.2, 0.25) is 0 Å². The summed E-state index contributed by atoms with van der Waals surface area (Å²) >= 11 is 0. The molecule has 0 unspecified atom stereocenters. The van der Waals surface area contributed by atoms with Gasteiger partial charge in [0, 0.05) is 18.9 Å². The third-order valence-electron chi connectivity index (χ3n) is 2.30. The average Bonchev–Trinajstić information content (AvgIpc) is 2.39. The van der Waals surface area contributed by atoms with Crippen molar-refractivity contribution in [3.05, 3.63) is 47.9 Å². The van der Waals surface area contributed by atoms with Crippen molar-refractivity contribution in [3.8, 4) is 5.75 Å². The Bertz CT molecular complexity index is 572. The Hall–Kier alpha value is -2.47. The number of anilines is 1. The van der Waals surface area contributed by atoms with Crippen LogP contribution < -0.4 is 11.1 Å². The van der Waals surface area contributed by atoms with E-state index in [0.29, 0.717) is 12.4 Å². The van der Waals surface area contributed by atoms with Crippen molar-refractivity contribution in [1.29, 1.82) is 0 Å². The third kappa shape index (κ3) is 2.61. The van der Waals surface area contributed by atoms with Gasteiger partial charge in [-0.3, -0.25) is 4.79 Å². The summed E-state index contributed by atoms with van der Waals surface area (Å²) in [7, 11) is 0. The second-order valence-corrected chi connectivity index (χ2v) is 3.58. The first kappa shape index (κ1) is 12.0. The lowest BCUT2D eigenvalue weighted by molar-refractivity contribution is 0.101. The highest BCUT2D eigenvalue weighted by molar-refractivity contribution is 6.04. The molecular formula is C12H12N4O2. The van der Waals surface area contributed by atoms with Crippen LogP contribution >= 0.6 is 0 Å². The molecule has 18 heavy (non-hydrogen) atoms. The van der Waals surface area contributed by atoms with Gasteiger partial charge in [-0.2, -0.15) is 0 Å². The van der Waals surface area contributed by atoms with E-state index in [0.717, 1.165) is 5.56 Å². The lowest BCUT2D eigenvalue weighted by Crippen LogP contribution is -2.15. The highest BCUT2D eigenvalue weighted by Gasteiger charge is 2.12. The first-order valence-electron chi connectivity index (χ1n) is 5.31. The molecule has 1 amide bonds. The van der Waals surface area contributed by atoms with Gasteiger partial charge < -0.3 is 16.2 Å². The van der Waals surface area contributed by atoms with Gasteiger partial charge in [-0.25, -0.2) is 9.97 Å². The van der Waals surface area contributed by atoms with Crippen LogP contribution in [-0.2, 0) is 6.54 Å². The van der Waals surface area contributed by atoms with Gasteiger partial charge in [0.15, 0.2) is 5.69 Å². The van der Waals surface area contributed by atoms with Gasteiger partial charge >= 0.3 is 0 Å². The molecule has 0 aliphatic heterocycles. The molecule has 0 radical (unpaired) electrons. The van der Waals surface area contributed by atoms with E-state index in [1.807, 2.05) is 0 Å². The third-order valence-corrected chi connectivity index (χ3v) is 2.30. The summed E-state index contributed by atoms with van der Waals surface area (Å²) < 4.78 is 0. The molecule has 2 rings (SSSR count). The number of aromatic hydroxyl groups is 1. The van der Waals surface area contributed by atoms with Crippen LogP contribution in [0.5, 0.6) is 5.75 Å². The Labute approximate surface area is 104 Å². The van der Waals surface area contributed by atoms with Crippen molar-refractivity contribution in [2.75, 3.05) is 5.32 Å². The number of aromatic nitrogens is 2. The van der Waals surface area contributed by atoms with Crippen molar-refractivity contribution in [3.63, 3.8) is 0 Å². The predicted molar refractivity (Wildman–Crippen MR) is 66.0 cm³/mol. The molecule has 6 nitrogen and oxygen atoms in total. The van der Waals surface area contributed by atoms with E-state index in [1.165, 1.54) is 12.3 Å². The van der Waals surface area contributed by atoms with Gasteiger partial charge in [-0.15, -0.1) is 0 Å². The molecule has 0 saturated carbocycles. The number of pyridine rings is 2. The van der Waals surface area contributed by atoms with Crippen molar-refractivity contribution >= 4 is 11.7 Å². The zero-order chi connectivity index (χ0) is 13.0. The molecule has 0 aromatic carbocycles. The van der Waals surface area contributed by atoms with Crippen LogP contribution in [0.15, 0.2) is 36.7 Å². The molecule has 0 aliphatic carbocycles. The molecule has 4 N–H and O–H groups in total. The normalized spacial score (nSPS) is 10.1. The molecular weight excluding hydrogens is 232 g/mol.